The Hall–Kier alpha value is -3.54. The minimum absolute atomic E-state index is 0.0481. The number of alkyl halides is 7. The summed E-state index contributed by atoms with van der Waals surface area (Å²) in [6.07, 6.45) is -12.3. The lowest BCUT2D eigenvalue weighted by molar-refractivity contribution is -0.253. The molecule has 2 heterocycles. The maximum atomic E-state index is 13.8. The molecule has 0 radical (unpaired) electrons. The molecule has 4 rings (SSSR count). The van der Waals surface area contributed by atoms with Gasteiger partial charge in [-0.05, 0) is 58.0 Å². The van der Waals surface area contributed by atoms with Crippen molar-refractivity contribution in [3.63, 3.8) is 0 Å². The number of anilines is 1. The molecule has 0 aliphatic rings. The third kappa shape index (κ3) is 7.41. The van der Waals surface area contributed by atoms with Crippen molar-refractivity contribution in [1.29, 1.82) is 0 Å². The average molecular weight is 711 g/mol. The second-order valence-corrected chi connectivity index (χ2v) is 10.6. The van der Waals surface area contributed by atoms with E-state index in [0.717, 1.165) is 12.1 Å². The molecule has 4 aromatic rings. The Kier molecular flexibility index (Phi) is 9.00. The number of ether oxygens (including phenoxy) is 1. The maximum absolute atomic E-state index is 13.8. The average Bonchev–Trinajstić information content (AvgIpc) is 3.38. The van der Waals surface area contributed by atoms with Gasteiger partial charge in [0.2, 0.25) is 10.1 Å². The Balaban J connectivity index is 1.82. The van der Waals surface area contributed by atoms with E-state index in [0.29, 0.717) is 9.13 Å². The van der Waals surface area contributed by atoms with Crippen molar-refractivity contribution >= 4 is 45.1 Å². The van der Waals surface area contributed by atoms with Gasteiger partial charge < -0.3 is 10.1 Å². The number of pyridine rings is 1. The highest BCUT2D eigenvalue weighted by Crippen LogP contribution is 2.37. The molecule has 0 spiro atoms. The number of benzene rings is 2. The number of nitrogens with zero attached hydrogens (tertiary/aromatic N) is 3. The predicted octanol–water partition coefficient (Wildman–Crippen LogP) is 7.10. The van der Waals surface area contributed by atoms with Crippen molar-refractivity contribution < 1.29 is 40.3 Å². The quantitative estimate of drug-likeness (QED) is 0.143. The van der Waals surface area contributed by atoms with Gasteiger partial charge >= 0.3 is 24.7 Å². The van der Waals surface area contributed by atoms with Crippen molar-refractivity contribution in [2.24, 2.45) is 0 Å². The van der Waals surface area contributed by atoms with Gasteiger partial charge in [-0.1, -0.05) is 53.8 Å². The zero-order valence-electron chi connectivity index (χ0n) is 20.3. The Labute approximate surface area is 245 Å². The number of amides is 2. The molecular weight excluding hydrogens is 694 g/mol. The van der Waals surface area contributed by atoms with Gasteiger partial charge in [0.15, 0.2) is 0 Å². The lowest BCUT2D eigenvalue weighted by atomic mass is 9.80. The van der Waals surface area contributed by atoms with Crippen LogP contribution in [0, 0.1) is 3.57 Å². The first kappa shape index (κ1) is 30.4. The lowest BCUT2D eigenvalue weighted by Gasteiger charge is -2.35. The van der Waals surface area contributed by atoms with Gasteiger partial charge in [0, 0.05) is 16.2 Å². The standard InChI is InChI=1S/C25H17F7IN5O2S/c26-19(27)25(31,32)40-17-8-4-7-15(11-17)23(12-14-5-2-1-3-6-14,18-10-9-16(33)13-34-18)36-21(39)35-22-38-37-20(41-22)24(28,29)30/h1-11,13,19H,12H2,(H2,35,36,38,39)/t23-/m0/s1. The highest BCUT2D eigenvalue weighted by Gasteiger charge is 2.45. The second-order valence-electron chi connectivity index (χ2n) is 8.41. The van der Waals surface area contributed by atoms with E-state index in [2.05, 4.69) is 30.6 Å². The number of hydrogen-bond acceptors (Lipinski definition) is 6. The van der Waals surface area contributed by atoms with E-state index in [-0.39, 0.29) is 29.0 Å². The van der Waals surface area contributed by atoms with Gasteiger partial charge in [0.1, 0.15) is 11.3 Å². The lowest BCUT2D eigenvalue weighted by Crippen LogP contribution is -2.50. The third-order valence-corrected chi connectivity index (χ3v) is 7.05. The summed E-state index contributed by atoms with van der Waals surface area (Å²) in [5, 5.41) is 9.53. The van der Waals surface area contributed by atoms with Gasteiger partial charge in [-0.25, -0.2) is 4.79 Å². The van der Waals surface area contributed by atoms with E-state index in [9.17, 15) is 35.5 Å². The minimum Gasteiger partial charge on any atom is -0.428 e. The number of aromatic nitrogens is 3. The molecule has 216 valence electrons. The Morgan fingerprint density at radius 3 is 2.32 bits per heavy atom. The molecule has 2 aromatic heterocycles. The van der Waals surface area contributed by atoms with Gasteiger partial charge in [-0.2, -0.15) is 30.7 Å². The van der Waals surface area contributed by atoms with Gasteiger partial charge in [-0.3, -0.25) is 10.3 Å². The minimum atomic E-state index is -4.80. The highest BCUT2D eigenvalue weighted by atomic mass is 127. The molecule has 16 heteroatoms. The number of halogens is 8. The van der Waals surface area contributed by atoms with Crippen molar-refractivity contribution in [2.45, 2.75) is 30.7 Å². The molecule has 7 nitrogen and oxygen atoms in total. The number of hydrogen-bond donors (Lipinski definition) is 2. The summed E-state index contributed by atoms with van der Waals surface area (Å²) >= 11 is 2.09. The Bertz CT molecular complexity index is 1490. The van der Waals surface area contributed by atoms with E-state index in [1.807, 2.05) is 22.6 Å². The second kappa shape index (κ2) is 12.1. The predicted molar refractivity (Wildman–Crippen MR) is 143 cm³/mol. The summed E-state index contributed by atoms with van der Waals surface area (Å²) in [7, 11) is 0. The topological polar surface area (TPSA) is 89.0 Å². The van der Waals surface area contributed by atoms with E-state index in [4.69, 9.17) is 0 Å². The maximum Gasteiger partial charge on any atom is 0.461 e. The molecule has 0 unspecified atom stereocenters. The SMILES string of the molecule is O=C(Nc1nnc(C(F)(F)F)s1)N[C@@](Cc1ccccc1)(c1cccc(OC(F)(F)C(F)F)c1)c1ccc(I)cn1. The van der Waals surface area contributed by atoms with Crippen molar-refractivity contribution in [2.75, 3.05) is 5.32 Å². The monoisotopic (exact) mass is 711 g/mol. The molecule has 2 aromatic carbocycles. The number of rotatable bonds is 9. The van der Waals surface area contributed by atoms with Crippen LogP contribution in [0.2, 0.25) is 0 Å². The molecule has 2 N–H and O–H groups in total. The van der Waals surface area contributed by atoms with E-state index >= 15 is 0 Å². The molecule has 0 bridgehead atoms. The van der Waals surface area contributed by atoms with Gasteiger partial charge in [0.05, 0.1) is 5.69 Å². The van der Waals surface area contributed by atoms with Crippen LogP contribution in [-0.2, 0) is 18.1 Å². The number of carbonyl (C=O) groups is 1. The molecule has 41 heavy (non-hydrogen) atoms. The molecule has 0 aliphatic heterocycles. The van der Waals surface area contributed by atoms with Gasteiger partial charge in [-0.15, -0.1) is 10.2 Å². The third-order valence-electron chi connectivity index (χ3n) is 5.53. The van der Waals surface area contributed by atoms with Crippen LogP contribution < -0.4 is 15.4 Å². The summed E-state index contributed by atoms with van der Waals surface area (Å²) in [6, 6.07) is 15.6. The molecule has 0 saturated heterocycles. The first-order chi connectivity index (χ1) is 19.3. The molecule has 1 atom stereocenters. The van der Waals surface area contributed by atoms with Crippen molar-refractivity contribution in [3.05, 3.63) is 98.3 Å². The van der Waals surface area contributed by atoms with Gasteiger partial charge in [0.25, 0.3) is 0 Å². The number of urea groups is 1. The Morgan fingerprint density at radius 1 is 0.976 bits per heavy atom. The van der Waals surface area contributed by atoms with Crippen LogP contribution in [0.5, 0.6) is 5.75 Å². The smallest absolute Gasteiger partial charge is 0.428 e. The Morgan fingerprint density at radius 2 is 1.71 bits per heavy atom. The fourth-order valence-corrected chi connectivity index (χ4v) is 4.71. The van der Waals surface area contributed by atoms with Crippen molar-refractivity contribution in [3.8, 4) is 5.75 Å². The normalized spacial score (nSPS) is 13.5. The van der Waals surface area contributed by atoms with E-state index in [1.165, 1.54) is 18.3 Å². The number of nitrogens with one attached hydrogen (secondary N) is 2. The molecule has 0 aliphatic carbocycles. The zero-order chi connectivity index (χ0) is 29.8. The highest BCUT2D eigenvalue weighted by molar-refractivity contribution is 14.1. The summed E-state index contributed by atoms with van der Waals surface area (Å²) < 4.78 is 97.2. The summed E-state index contributed by atoms with van der Waals surface area (Å²) in [6.45, 7) is 0. The molecule has 2 amide bonds. The molecule has 0 saturated carbocycles. The van der Waals surface area contributed by atoms with Crippen LogP contribution in [0.25, 0.3) is 0 Å². The number of carbonyl (C=O) groups excluding carboxylic acids is 1. The van der Waals surface area contributed by atoms with E-state index < -0.39 is 46.2 Å². The van der Waals surface area contributed by atoms with Crippen molar-refractivity contribution in [1.82, 2.24) is 20.5 Å². The molecule has 0 fully saturated rings. The zero-order valence-corrected chi connectivity index (χ0v) is 23.3. The molecular formula is C25H17F7IN5O2S. The largest absolute Gasteiger partial charge is 0.461 e. The fourth-order valence-electron chi connectivity index (χ4n) is 3.79. The first-order valence-corrected chi connectivity index (χ1v) is 13.3. The first-order valence-electron chi connectivity index (χ1n) is 11.4. The summed E-state index contributed by atoms with van der Waals surface area (Å²) in [4.78, 5) is 17.7. The van der Waals surface area contributed by atoms with Crippen LogP contribution in [0.4, 0.5) is 40.7 Å². The van der Waals surface area contributed by atoms with Crippen LogP contribution >= 0.6 is 33.9 Å². The van der Waals surface area contributed by atoms with Crippen LogP contribution in [-0.4, -0.2) is 33.7 Å². The summed E-state index contributed by atoms with van der Waals surface area (Å²) in [5.74, 6) is -0.628. The van der Waals surface area contributed by atoms with Crippen LogP contribution in [0.3, 0.4) is 0 Å². The van der Waals surface area contributed by atoms with Crippen LogP contribution in [0.15, 0.2) is 72.9 Å². The fraction of sp³-hybridized carbons (Fsp3) is 0.200. The van der Waals surface area contributed by atoms with E-state index in [1.54, 1.807) is 42.5 Å². The summed E-state index contributed by atoms with van der Waals surface area (Å²) in [5.41, 5.74) is -0.746. The van der Waals surface area contributed by atoms with Crippen LogP contribution in [0.1, 0.15) is 21.8 Å².